The van der Waals surface area contributed by atoms with Gasteiger partial charge in [0.1, 0.15) is 5.82 Å². The van der Waals surface area contributed by atoms with E-state index >= 15 is 4.39 Å². The van der Waals surface area contributed by atoms with Gasteiger partial charge < -0.3 is 19.7 Å². The second-order valence-electron chi connectivity index (χ2n) is 8.90. The number of nitrogens with zero attached hydrogens (tertiary/aromatic N) is 3. The van der Waals surface area contributed by atoms with E-state index in [-0.39, 0.29) is 35.3 Å². The van der Waals surface area contributed by atoms with Gasteiger partial charge in [0, 0.05) is 62.0 Å². The molecule has 9 heteroatoms. The predicted octanol–water partition coefficient (Wildman–Crippen LogP) is 4.83. The molecule has 34 heavy (non-hydrogen) atoms. The molecule has 0 fully saturated rings. The molecule has 0 saturated carbocycles. The summed E-state index contributed by atoms with van der Waals surface area (Å²) in [6.45, 7) is 5.77. The fourth-order valence-corrected chi connectivity index (χ4v) is 4.67. The topological polar surface area (TPSA) is 62.5 Å². The van der Waals surface area contributed by atoms with E-state index < -0.39 is 5.82 Å². The third kappa shape index (κ3) is 5.10. The molecule has 0 aliphatic carbocycles. The number of benzene rings is 1. The minimum atomic E-state index is -0.484. The Balaban J connectivity index is 1.67. The Kier molecular flexibility index (Phi) is 7.52. The number of nitrogens with one attached hydrogen (secondary N) is 1. The van der Waals surface area contributed by atoms with Crippen LogP contribution in [0.4, 0.5) is 14.6 Å². The molecule has 2 N–H and O–H groups in total. The van der Waals surface area contributed by atoms with Gasteiger partial charge in [-0.25, -0.2) is 13.8 Å². The lowest BCUT2D eigenvalue weighted by Gasteiger charge is -2.36. The fraction of sp³-hybridized carbons (Fsp3) is 0.400. The van der Waals surface area contributed by atoms with E-state index in [1.165, 1.54) is 18.3 Å². The highest BCUT2D eigenvalue weighted by Crippen LogP contribution is 2.36. The summed E-state index contributed by atoms with van der Waals surface area (Å²) < 4.78 is 36.8. The smallest absolute Gasteiger partial charge is 0.174 e. The lowest BCUT2D eigenvalue weighted by atomic mass is 10.0. The molecule has 0 saturated heterocycles. The van der Waals surface area contributed by atoms with Crippen molar-refractivity contribution < 1.29 is 18.6 Å². The average Bonchev–Trinajstić information content (AvgIpc) is 3.18. The van der Waals surface area contributed by atoms with Crippen LogP contribution in [-0.4, -0.2) is 45.4 Å². The number of rotatable bonds is 8. The van der Waals surface area contributed by atoms with E-state index in [0.717, 1.165) is 11.3 Å². The van der Waals surface area contributed by atoms with Crippen LogP contribution in [0.2, 0.25) is 5.02 Å². The van der Waals surface area contributed by atoms with Crippen LogP contribution < -0.4 is 5.32 Å². The molecule has 1 aromatic carbocycles. The van der Waals surface area contributed by atoms with Crippen molar-refractivity contribution in [2.24, 2.45) is 0 Å². The van der Waals surface area contributed by atoms with Gasteiger partial charge in [0.05, 0.1) is 24.3 Å². The minimum absolute atomic E-state index is 0.0171. The molecule has 0 spiro atoms. The van der Waals surface area contributed by atoms with Crippen LogP contribution >= 0.6 is 11.6 Å². The number of aliphatic hydroxyl groups is 1. The number of pyridine rings is 1. The van der Waals surface area contributed by atoms with Crippen LogP contribution in [0.3, 0.4) is 0 Å². The van der Waals surface area contributed by atoms with E-state index in [9.17, 15) is 9.50 Å². The van der Waals surface area contributed by atoms with Gasteiger partial charge in [-0.2, -0.15) is 0 Å². The molecule has 3 heterocycles. The lowest BCUT2D eigenvalue weighted by molar-refractivity contribution is 0.0536. The molecule has 1 atom stereocenters. The Bertz CT molecular complexity index is 1170. The largest absolute Gasteiger partial charge is 0.392 e. The molecular weight excluding hydrogens is 462 g/mol. The molecule has 0 bridgehead atoms. The van der Waals surface area contributed by atoms with Gasteiger partial charge >= 0.3 is 0 Å². The van der Waals surface area contributed by atoms with Crippen molar-refractivity contribution in [3.63, 3.8) is 0 Å². The summed E-state index contributed by atoms with van der Waals surface area (Å²) in [4.78, 5) is 6.29. The van der Waals surface area contributed by atoms with Gasteiger partial charge in [0.15, 0.2) is 11.6 Å². The van der Waals surface area contributed by atoms with E-state index in [1.54, 1.807) is 13.2 Å². The second-order valence-corrected chi connectivity index (χ2v) is 9.31. The summed E-state index contributed by atoms with van der Waals surface area (Å²) in [6, 6.07) is 6.39. The van der Waals surface area contributed by atoms with Crippen molar-refractivity contribution in [2.75, 3.05) is 19.0 Å². The van der Waals surface area contributed by atoms with Crippen LogP contribution in [0.25, 0.3) is 11.1 Å². The number of halogens is 3. The van der Waals surface area contributed by atoms with Gasteiger partial charge in [-0.3, -0.25) is 4.90 Å². The van der Waals surface area contributed by atoms with Gasteiger partial charge in [-0.05, 0) is 43.2 Å². The number of hydrogen-bond donors (Lipinski definition) is 2. The molecule has 0 radical (unpaired) electrons. The summed E-state index contributed by atoms with van der Waals surface area (Å²) in [5, 5.41) is 13.0. The first kappa shape index (κ1) is 24.6. The first-order valence-corrected chi connectivity index (χ1v) is 11.6. The zero-order valence-electron chi connectivity index (χ0n) is 19.5. The first-order chi connectivity index (χ1) is 16.3. The van der Waals surface area contributed by atoms with Crippen molar-refractivity contribution in [3.8, 4) is 11.1 Å². The molecular formula is C25H29ClF2N4O2. The standard InChI is InChI=1S/C25H29ClF2N4O2/c1-15(2)30-25-24(28)23(22(26)8-29-25)18-7-20-11-32(21(14-34-3)12-31(20)10-18)9-17-6-19(27)5-4-16(17)13-33/h4-8,10,15,21,33H,9,11-14H2,1-3H3,(H,29,30)/t21-/m1/s1. The monoisotopic (exact) mass is 490 g/mol. The molecule has 3 aromatic rings. The highest BCUT2D eigenvalue weighted by Gasteiger charge is 2.28. The lowest BCUT2D eigenvalue weighted by Crippen LogP contribution is -2.44. The highest BCUT2D eigenvalue weighted by atomic mass is 35.5. The maximum Gasteiger partial charge on any atom is 0.174 e. The number of hydrogen-bond acceptors (Lipinski definition) is 5. The minimum Gasteiger partial charge on any atom is -0.392 e. The maximum atomic E-state index is 15.3. The number of fused-ring (bicyclic) bond motifs is 1. The summed E-state index contributed by atoms with van der Waals surface area (Å²) in [5.74, 6) is -0.659. The molecule has 6 nitrogen and oxygen atoms in total. The third-order valence-corrected chi connectivity index (χ3v) is 6.32. The first-order valence-electron chi connectivity index (χ1n) is 11.2. The molecule has 2 aromatic heterocycles. The molecule has 1 aliphatic rings. The number of methoxy groups -OCH3 is 1. The van der Waals surface area contributed by atoms with Crippen molar-refractivity contribution in [1.29, 1.82) is 0 Å². The quantitative estimate of drug-likeness (QED) is 0.474. The van der Waals surface area contributed by atoms with Gasteiger partial charge in [-0.15, -0.1) is 0 Å². The van der Waals surface area contributed by atoms with Gasteiger partial charge in [0.2, 0.25) is 0 Å². The Hall–Kier alpha value is -2.52. The van der Waals surface area contributed by atoms with Crippen molar-refractivity contribution in [3.05, 3.63) is 70.1 Å². The summed E-state index contributed by atoms with van der Waals surface area (Å²) in [6.07, 6.45) is 3.36. The zero-order valence-corrected chi connectivity index (χ0v) is 20.2. The SMILES string of the molecule is COC[C@H]1Cn2cc(-c3c(Cl)cnc(NC(C)C)c3F)cc2CN1Cc1cc(F)ccc1CO. The van der Waals surface area contributed by atoms with Gasteiger partial charge in [-0.1, -0.05) is 17.7 Å². The van der Waals surface area contributed by atoms with Crippen LogP contribution in [0.15, 0.2) is 36.7 Å². The highest BCUT2D eigenvalue weighted by molar-refractivity contribution is 6.33. The second kappa shape index (κ2) is 10.4. The Morgan fingerprint density at radius 3 is 2.76 bits per heavy atom. The zero-order chi connectivity index (χ0) is 24.4. The normalized spacial score (nSPS) is 16.2. The van der Waals surface area contributed by atoms with Crippen molar-refractivity contribution in [1.82, 2.24) is 14.5 Å². The Morgan fingerprint density at radius 1 is 1.26 bits per heavy atom. The fourth-order valence-electron chi connectivity index (χ4n) is 4.43. The van der Waals surface area contributed by atoms with E-state index in [2.05, 4.69) is 19.8 Å². The number of aliphatic hydroxyl groups excluding tert-OH is 1. The molecule has 1 aliphatic heterocycles. The van der Waals surface area contributed by atoms with Crippen LogP contribution in [-0.2, 0) is 31.0 Å². The van der Waals surface area contributed by atoms with E-state index in [1.807, 2.05) is 26.1 Å². The van der Waals surface area contributed by atoms with E-state index in [4.69, 9.17) is 16.3 Å². The summed E-state index contributed by atoms with van der Waals surface area (Å²) in [5.41, 5.74) is 3.39. The Morgan fingerprint density at radius 2 is 2.06 bits per heavy atom. The average molecular weight is 491 g/mol. The van der Waals surface area contributed by atoms with Crippen LogP contribution in [0.1, 0.15) is 30.7 Å². The predicted molar refractivity (Wildman–Crippen MR) is 129 cm³/mol. The number of ether oxygens (including phenoxy) is 1. The van der Waals surface area contributed by atoms with Crippen LogP contribution in [0.5, 0.6) is 0 Å². The van der Waals surface area contributed by atoms with E-state index in [0.29, 0.717) is 42.9 Å². The number of anilines is 1. The van der Waals surface area contributed by atoms with Gasteiger partial charge in [0.25, 0.3) is 0 Å². The summed E-state index contributed by atoms with van der Waals surface area (Å²) >= 11 is 6.37. The third-order valence-electron chi connectivity index (χ3n) is 6.03. The van der Waals surface area contributed by atoms with Crippen molar-refractivity contribution in [2.45, 2.75) is 52.2 Å². The van der Waals surface area contributed by atoms with Crippen LogP contribution in [0, 0.1) is 11.6 Å². The molecule has 4 rings (SSSR count). The Labute approximate surface area is 203 Å². The maximum absolute atomic E-state index is 15.3. The molecule has 182 valence electrons. The summed E-state index contributed by atoms with van der Waals surface area (Å²) in [7, 11) is 1.64. The molecule has 0 unspecified atom stereocenters. The molecule has 0 amide bonds. The number of aromatic nitrogens is 2. The van der Waals surface area contributed by atoms with Crippen molar-refractivity contribution >= 4 is 17.4 Å².